The summed E-state index contributed by atoms with van der Waals surface area (Å²) in [5, 5.41) is 9.12. The van der Waals surface area contributed by atoms with Crippen LogP contribution in [0.15, 0.2) is 67.0 Å². The van der Waals surface area contributed by atoms with Gasteiger partial charge in [-0.3, -0.25) is 0 Å². The standard InChI is InChI=1S/C15H13N2/c16-13-15(17-11-5-2-6-12-17)10-9-14-7-3-1-4-8-14/h1-8,10-12H,9H2/q+1/b15-10+. The van der Waals surface area contributed by atoms with Crippen LogP contribution in [0.1, 0.15) is 5.56 Å². The number of hydrogen-bond acceptors (Lipinski definition) is 1. The van der Waals surface area contributed by atoms with Crippen LogP contribution in [0.4, 0.5) is 0 Å². The molecule has 0 saturated carbocycles. The first-order valence-corrected chi connectivity index (χ1v) is 5.51. The van der Waals surface area contributed by atoms with E-state index >= 15 is 0 Å². The number of rotatable bonds is 3. The van der Waals surface area contributed by atoms with Crippen LogP contribution in [0, 0.1) is 11.3 Å². The summed E-state index contributed by atoms with van der Waals surface area (Å²) >= 11 is 0. The van der Waals surface area contributed by atoms with Gasteiger partial charge in [0.05, 0.1) is 0 Å². The van der Waals surface area contributed by atoms with Crippen molar-refractivity contribution < 1.29 is 4.57 Å². The lowest BCUT2D eigenvalue weighted by atomic mass is 10.1. The maximum Gasteiger partial charge on any atom is 0.285 e. The quantitative estimate of drug-likeness (QED) is 0.578. The molecule has 2 heteroatoms. The molecule has 0 unspecified atom stereocenters. The van der Waals surface area contributed by atoms with E-state index in [2.05, 4.69) is 18.2 Å². The number of hydrogen-bond donors (Lipinski definition) is 0. The zero-order valence-corrected chi connectivity index (χ0v) is 9.45. The third-order valence-electron chi connectivity index (χ3n) is 2.48. The van der Waals surface area contributed by atoms with Crippen molar-refractivity contribution in [1.29, 1.82) is 5.26 Å². The second-order valence-corrected chi connectivity index (χ2v) is 3.67. The van der Waals surface area contributed by atoms with Gasteiger partial charge in [0.25, 0.3) is 5.70 Å². The van der Waals surface area contributed by atoms with Crippen LogP contribution >= 0.6 is 0 Å². The van der Waals surface area contributed by atoms with E-state index in [1.54, 1.807) is 0 Å². The Morgan fingerprint density at radius 1 is 1.06 bits per heavy atom. The number of pyridine rings is 1. The molecule has 1 aromatic heterocycles. The molecule has 82 valence electrons. The highest BCUT2D eigenvalue weighted by Gasteiger charge is 2.06. The van der Waals surface area contributed by atoms with E-state index < -0.39 is 0 Å². The molecule has 2 aromatic rings. The van der Waals surface area contributed by atoms with Crippen LogP contribution in [0.5, 0.6) is 0 Å². The number of benzene rings is 1. The third kappa shape index (κ3) is 3.02. The molecule has 1 aromatic carbocycles. The van der Waals surface area contributed by atoms with E-state index in [9.17, 15) is 0 Å². The Hall–Kier alpha value is -2.40. The molecule has 1 heterocycles. The first-order chi connectivity index (χ1) is 8.40. The fraction of sp³-hybridized carbons (Fsp3) is 0.0667. The minimum absolute atomic E-state index is 0.648. The molecular formula is C15H13N2+. The van der Waals surface area contributed by atoms with E-state index in [1.165, 1.54) is 5.56 Å². The number of nitriles is 1. The molecule has 0 aliphatic carbocycles. The van der Waals surface area contributed by atoms with Crippen molar-refractivity contribution >= 4 is 5.70 Å². The fourth-order valence-electron chi connectivity index (χ4n) is 1.60. The zero-order valence-electron chi connectivity index (χ0n) is 9.45. The van der Waals surface area contributed by atoms with Crippen molar-refractivity contribution in [1.82, 2.24) is 0 Å². The number of allylic oxidation sites excluding steroid dienone is 2. The van der Waals surface area contributed by atoms with Crippen LogP contribution in [0.3, 0.4) is 0 Å². The highest BCUT2D eigenvalue weighted by atomic mass is 14.9. The van der Waals surface area contributed by atoms with Gasteiger partial charge in [0.1, 0.15) is 0 Å². The van der Waals surface area contributed by atoms with Gasteiger partial charge in [-0.1, -0.05) is 36.4 Å². The van der Waals surface area contributed by atoms with Gasteiger partial charge in [0.2, 0.25) is 0 Å². The smallest absolute Gasteiger partial charge is 0.186 e. The summed E-state index contributed by atoms with van der Waals surface area (Å²) in [4.78, 5) is 0. The highest BCUT2D eigenvalue weighted by Crippen LogP contribution is 2.02. The van der Waals surface area contributed by atoms with Gasteiger partial charge in [-0.25, -0.2) is 0 Å². The Labute approximate surface area is 101 Å². The van der Waals surface area contributed by atoms with Gasteiger partial charge in [0.15, 0.2) is 18.5 Å². The van der Waals surface area contributed by atoms with E-state index in [4.69, 9.17) is 5.26 Å². The Bertz CT molecular complexity index is 536. The molecule has 0 radical (unpaired) electrons. The number of aromatic nitrogens is 1. The van der Waals surface area contributed by atoms with E-state index in [0.717, 1.165) is 6.42 Å². The fourth-order valence-corrected chi connectivity index (χ4v) is 1.60. The molecule has 0 bridgehead atoms. The van der Waals surface area contributed by atoms with Crippen LogP contribution in [0.2, 0.25) is 0 Å². The Balaban J connectivity index is 2.18. The molecule has 0 saturated heterocycles. The van der Waals surface area contributed by atoms with Crippen molar-refractivity contribution in [2.24, 2.45) is 0 Å². The summed E-state index contributed by atoms with van der Waals surface area (Å²) < 4.78 is 1.82. The molecule has 2 rings (SSSR count). The normalized spacial score (nSPS) is 10.9. The van der Waals surface area contributed by atoms with E-state index in [1.807, 2.05) is 59.4 Å². The van der Waals surface area contributed by atoms with E-state index in [-0.39, 0.29) is 0 Å². The maximum atomic E-state index is 9.12. The predicted molar refractivity (Wildman–Crippen MR) is 66.7 cm³/mol. The Kier molecular flexibility index (Phi) is 3.67. The second kappa shape index (κ2) is 5.62. The van der Waals surface area contributed by atoms with E-state index in [0.29, 0.717) is 5.70 Å². The molecule has 0 amide bonds. The van der Waals surface area contributed by atoms with Gasteiger partial charge < -0.3 is 0 Å². The van der Waals surface area contributed by atoms with Gasteiger partial charge in [-0.15, -0.1) is 0 Å². The molecule has 17 heavy (non-hydrogen) atoms. The molecule has 0 aliphatic heterocycles. The van der Waals surface area contributed by atoms with Crippen molar-refractivity contribution in [3.05, 3.63) is 72.6 Å². The average Bonchev–Trinajstić information content (AvgIpc) is 2.42. The number of nitrogens with zero attached hydrogens (tertiary/aromatic N) is 2. The monoisotopic (exact) mass is 221 g/mol. The third-order valence-corrected chi connectivity index (χ3v) is 2.48. The Morgan fingerprint density at radius 2 is 1.71 bits per heavy atom. The molecular weight excluding hydrogens is 208 g/mol. The SMILES string of the molecule is N#C/C(=C\Cc1ccccc1)[n+]1ccccc1. The molecule has 0 N–H and O–H groups in total. The maximum absolute atomic E-state index is 9.12. The summed E-state index contributed by atoms with van der Waals surface area (Å²) in [5.41, 5.74) is 1.85. The molecule has 0 aliphatic rings. The summed E-state index contributed by atoms with van der Waals surface area (Å²) in [5.74, 6) is 0. The lowest BCUT2D eigenvalue weighted by Crippen LogP contribution is -2.30. The molecule has 0 atom stereocenters. The zero-order chi connectivity index (χ0) is 11.9. The van der Waals surface area contributed by atoms with Crippen molar-refractivity contribution in [3.8, 4) is 6.07 Å². The van der Waals surface area contributed by atoms with Crippen molar-refractivity contribution in [2.45, 2.75) is 6.42 Å². The van der Waals surface area contributed by atoms with Crippen LogP contribution in [0.25, 0.3) is 5.70 Å². The van der Waals surface area contributed by atoms with Crippen molar-refractivity contribution in [2.75, 3.05) is 0 Å². The summed E-state index contributed by atoms with van der Waals surface area (Å²) in [6, 6.07) is 18.1. The largest absolute Gasteiger partial charge is 0.285 e. The van der Waals surface area contributed by atoms with Gasteiger partial charge in [0, 0.05) is 18.2 Å². The first-order valence-electron chi connectivity index (χ1n) is 5.51. The van der Waals surface area contributed by atoms with Crippen molar-refractivity contribution in [3.63, 3.8) is 0 Å². The topological polar surface area (TPSA) is 27.7 Å². The molecule has 0 spiro atoms. The van der Waals surface area contributed by atoms with Gasteiger partial charge in [-0.05, 0) is 12.0 Å². The average molecular weight is 221 g/mol. The minimum atomic E-state index is 0.648. The summed E-state index contributed by atoms with van der Waals surface area (Å²) in [6.45, 7) is 0. The van der Waals surface area contributed by atoms with Gasteiger partial charge >= 0.3 is 0 Å². The summed E-state index contributed by atoms with van der Waals surface area (Å²) in [6.07, 6.45) is 6.46. The second-order valence-electron chi connectivity index (χ2n) is 3.67. The minimum Gasteiger partial charge on any atom is -0.186 e. The first kappa shape index (κ1) is 11.1. The highest BCUT2D eigenvalue weighted by molar-refractivity contribution is 5.50. The van der Waals surface area contributed by atoms with Crippen LogP contribution < -0.4 is 4.57 Å². The Morgan fingerprint density at radius 3 is 2.35 bits per heavy atom. The van der Waals surface area contributed by atoms with Gasteiger partial charge in [-0.2, -0.15) is 9.83 Å². The van der Waals surface area contributed by atoms with Crippen LogP contribution in [-0.4, -0.2) is 0 Å². The lowest BCUT2D eigenvalue weighted by molar-refractivity contribution is -0.577. The predicted octanol–water partition coefficient (Wildman–Crippen LogP) is 2.58. The summed E-state index contributed by atoms with van der Waals surface area (Å²) in [7, 11) is 0. The molecule has 0 fully saturated rings. The van der Waals surface area contributed by atoms with Crippen LogP contribution in [-0.2, 0) is 6.42 Å². The molecule has 2 nitrogen and oxygen atoms in total. The lowest BCUT2D eigenvalue weighted by Gasteiger charge is -1.95.